The fourth-order valence-electron chi connectivity index (χ4n) is 1.63. The predicted molar refractivity (Wildman–Crippen MR) is 64.1 cm³/mol. The van der Waals surface area contributed by atoms with Crippen LogP contribution in [0.15, 0.2) is 34.9 Å². The van der Waals surface area contributed by atoms with Gasteiger partial charge in [0.05, 0.1) is 18.8 Å². The monoisotopic (exact) mass is 254 g/mol. The number of rotatable bonds is 3. The zero-order chi connectivity index (χ0) is 12.4. The van der Waals surface area contributed by atoms with E-state index in [0.29, 0.717) is 5.56 Å². The molecule has 0 saturated carbocycles. The number of benzene rings is 1. The second kappa shape index (κ2) is 4.80. The summed E-state index contributed by atoms with van der Waals surface area (Å²) in [6, 6.07) is 6.51. The maximum atomic E-state index is 13.5. The highest BCUT2D eigenvalue weighted by atomic mass is 35.5. The Kier molecular flexibility index (Phi) is 3.38. The third-order valence-corrected chi connectivity index (χ3v) is 3.02. The Morgan fingerprint density at radius 3 is 2.59 bits per heavy atom. The van der Waals surface area contributed by atoms with Gasteiger partial charge in [-0.1, -0.05) is 6.07 Å². The molecule has 0 amide bonds. The number of alkyl halides is 1. The third-order valence-electron chi connectivity index (χ3n) is 2.51. The van der Waals surface area contributed by atoms with Gasteiger partial charge in [-0.25, -0.2) is 4.39 Å². The maximum Gasteiger partial charge on any atom is 0.165 e. The molecule has 1 aromatic heterocycles. The van der Waals surface area contributed by atoms with Crippen molar-refractivity contribution in [3.05, 3.63) is 53.2 Å². The van der Waals surface area contributed by atoms with Gasteiger partial charge in [-0.2, -0.15) is 0 Å². The van der Waals surface area contributed by atoms with Crippen molar-refractivity contribution in [2.75, 3.05) is 7.11 Å². The van der Waals surface area contributed by atoms with Crippen LogP contribution >= 0.6 is 11.6 Å². The lowest BCUT2D eigenvalue weighted by Gasteiger charge is -2.09. The van der Waals surface area contributed by atoms with Gasteiger partial charge >= 0.3 is 0 Å². The van der Waals surface area contributed by atoms with Crippen LogP contribution in [0.4, 0.5) is 4.39 Å². The van der Waals surface area contributed by atoms with E-state index in [1.807, 2.05) is 13.0 Å². The summed E-state index contributed by atoms with van der Waals surface area (Å²) >= 11 is 6.24. The fraction of sp³-hybridized carbons (Fsp3) is 0.231. The topological polar surface area (TPSA) is 22.4 Å². The summed E-state index contributed by atoms with van der Waals surface area (Å²) in [6.45, 7) is 1.84. The lowest BCUT2D eigenvalue weighted by molar-refractivity contribution is 0.386. The molecular weight excluding hydrogens is 243 g/mol. The van der Waals surface area contributed by atoms with Gasteiger partial charge in [0.25, 0.3) is 0 Å². The maximum absolute atomic E-state index is 13.5. The molecule has 0 spiro atoms. The Balaban J connectivity index is 2.31. The van der Waals surface area contributed by atoms with Crippen molar-refractivity contribution >= 4 is 11.6 Å². The third kappa shape index (κ3) is 2.44. The second-order valence-corrected chi connectivity index (χ2v) is 4.18. The van der Waals surface area contributed by atoms with Crippen LogP contribution in [0.2, 0.25) is 0 Å². The highest BCUT2D eigenvalue weighted by molar-refractivity contribution is 6.22. The zero-order valence-corrected chi connectivity index (χ0v) is 10.3. The number of hydrogen-bond acceptors (Lipinski definition) is 2. The number of methoxy groups -OCH3 is 1. The van der Waals surface area contributed by atoms with Crippen molar-refractivity contribution in [1.29, 1.82) is 0 Å². The highest BCUT2D eigenvalue weighted by Crippen LogP contribution is 2.32. The minimum absolute atomic E-state index is 0.209. The molecule has 0 saturated heterocycles. The number of aryl methyl sites for hydroxylation is 1. The van der Waals surface area contributed by atoms with E-state index in [-0.39, 0.29) is 5.75 Å². The molecular formula is C13H12ClFO2. The van der Waals surface area contributed by atoms with E-state index in [9.17, 15) is 4.39 Å². The van der Waals surface area contributed by atoms with Gasteiger partial charge in [-0.3, -0.25) is 0 Å². The molecule has 2 nitrogen and oxygen atoms in total. The Morgan fingerprint density at radius 2 is 2.06 bits per heavy atom. The first kappa shape index (κ1) is 12.0. The van der Waals surface area contributed by atoms with E-state index in [1.165, 1.54) is 13.2 Å². The molecule has 0 radical (unpaired) electrons. The largest absolute Gasteiger partial charge is 0.494 e. The molecule has 0 fully saturated rings. The summed E-state index contributed by atoms with van der Waals surface area (Å²) in [7, 11) is 1.43. The first-order valence-electron chi connectivity index (χ1n) is 5.14. The molecule has 0 aliphatic carbocycles. The fourth-order valence-corrected chi connectivity index (χ4v) is 1.88. The van der Waals surface area contributed by atoms with Gasteiger partial charge in [0.2, 0.25) is 0 Å². The summed E-state index contributed by atoms with van der Waals surface area (Å²) in [6.07, 6.45) is 1.58. The van der Waals surface area contributed by atoms with E-state index >= 15 is 0 Å². The molecule has 1 aromatic carbocycles. The molecule has 4 heteroatoms. The Bertz CT molecular complexity index is 522. The Hall–Kier alpha value is -1.48. The summed E-state index contributed by atoms with van der Waals surface area (Å²) in [4.78, 5) is 0. The van der Waals surface area contributed by atoms with Gasteiger partial charge in [-0.05, 0) is 30.7 Å². The lowest BCUT2D eigenvalue weighted by Crippen LogP contribution is -1.94. The minimum Gasteiger partial charge on any atom is -0.494 e. The van der Waals surface area contributed by atoms with Crippen molar-refractivity contribution in [1.82, 2.24) is 0 Å². The number of ether oxygens (including phenoxy) is 1. The smallest absolute Gasteiger partial charge is 0.165 e. The van der Waals surface area contributed by atoms with Crippen LogP contribution in [0.1, 0.15) is 22.3 Å². The van der Waals surface area contributed by atoms with Gasteiger partial charge in [0.15, 0.2) is 11.6 Å². The van der Waals surface area contributed by atoms with E-state index in [2.05, 4.69) is 0 Å². The van der Waals surface area contributed by atoms with Crippen LogP contribution in [0, 0.1) is 12.7 Å². The van der Waals surface area contributed by atoms with E-state index in [1.54, 1.807) is 18.4 Å². The lowest BCUT2D eigenvalue weighted by atomic mass is 10.1. The standard InChI is InChI=1S/C13H12ClFO2/c1-8-5-10(7-17-8)13(14)9-3-4-12(16-2)11(15)6-9/h3-7,13H,1-2H3. The predicted octanol–water partition coefficient (Wildman–Crippen LogP) is 4.06. The molecule has 0 aliphatic rings. The van der Waals surface area contributed by atoms with E-state index in [4.69, 9.17) is 20.8 Å². The molecule has 0 bridgehead atoms. The van der Waals surface area contributed by atoms with Crippen molar-refractivity contribution in [2.24, 2.45) is 0 Å². The van der Waals surface area contributed by atoms with Crippen LogP contribution in [0.3, 0.4) is 0 Å². The average molecular weight is 255 g/mol. The van der Waals surface area contributed by atoms with E-state index < -0.39 is 11.2 Å². The molecule has 17 heavy (non-hydrogen) atoms. The molecule has 2 rings (SSSR count). The van der Waals surface area contributed by atoms with Gasteiger partial charge in [0, 0.05) is 5.56 Å². The molecule has 90 valence electrons. The van der Waals surface area contributed by atoms with Crippen molar-refractivity contribution in [3.8, 4) is 5.75 Å². The highest BCUT2D eigenvalue weighted by Gasteiger charge is 2.15. The SMILES string of the molecule is COc1ccc(C(Cl)c2coc(C)c2)cc1F. The van der Waals surface area contributed by atoms with Crippen LogP contribution < -0.4 is 4.74 Å². The van der Waals surface area contributed by atoms with Crippen molar-refractivity contribution in [3.63, 3.8) is 0 Å². The number of furan rings is 1. The van der Waals surface area contributed by atoms with Crippen molar-refractivity contribution < 1.29 is 13.5 Å². The quantitative estimate of drug-likeness (QED) is 0.771. The van der Waals surface area contributed by atoms with Gasteiger partial charge < -0.3 is 9.15 Å². The molecule has 1 atom stereocenters. The molecule has 0 N–H and O–H groups in total. The summed E-state index contributed by atoms with van der Waals surface area (Å²) in [5.41, 5.74) is 1.49. The van der Waals surface area contributed by atoms with Crippen LogP contribution in [-0.4, -0.2) is 7.11 Å². The Morgan fingerprint density at radius 1 is 1.29 bits per heavy atom. The number of halogens is 2. The van der Waals surface area contributed by atoms with Crippen molar-refractivity contribution in [2.45, 2.75) is 12.3 Å². The summed E-state index contributed by atoms with van der Waals surface area (Å²) < 4.78 is 23.6. The normalized spacial score (nSPS) is 12.5. The van der Waals surface area contributed by atoms with Crippen LogP contribution in [0.5, 0.6) is 5.75 Å². The average Bonchev–Trinajstić information content (AvgIpc) is 2.75. The molecule has 0 aliphatic heterocycles. The minimum atomic E-state index is -0.423. The summed E-state index contributed by atoms with van der Waals surface area (Å²) in [5, 5.41) is -0.423. The first-order valence-corrected chi connectivity index (χ1v) is 5.58. The molecule has 1 heterocycles. The Labute approximate surface area is 104 Å². The zero-order valence-electron chi connectivity index (χ0n) is 9.54. The van der Waals surface area contributed by atoms with Gasteiger partial charge in [0.1, 0.15) is 5.76 Å². The second-order valence-electron chi connectivity index (χ2n) is 3.75. The molecule has 2 aromatic rings. The molecule has 1 unspecified atom stereocenters. The first-order chi connectivity index (χ1) is 8.11. The van der Waals surface area contributed by atoms with Gasteiger partial charge in [-0.15, -0.1) is 11.6 Å². The van der Waals surface area contributed by atoms with Crippen LogP contribution in [0.25, 0.3) is 0 Å². The summed E-state index contributed by atoms with van der Waals surface area (Å²) in [5.74, 6) is 0.566. The van der Waals surface area contributed by atoms with Crippen LogP contribution in [-0.2, 0) is 0 Å². The number of hydrogen-bond donors (Lipinski definition) is 0. The van der Waals surface area contributed by atoms with E-state index in [0.717, 1.165) is 11.3 Å².